The van der Waals surface area contributed by atoms with E-state index >= 15 is 0 Å². The molecule has 1 aliphatic heterocycles. The summed E-state index contributed by atoms with van der Waals surface area (Å²) in [5, 5.41) is 0. The molecular formula is C23H21NO4. The Morgan fingerprint density at radius 1 is 0.929 bits per heavy atom. The van der Waals surface area contributed by atoms with Crippen molar-refractivity contribution in [3.63, 3.8) is 0 Å². The molecule has 0 radical (unpaired) electrons. The van der Waals surface area contributed by atoms with Gasteiger partial charge in [0.1, 0.15) is 18.6 Å². The number of hydrogen-bond acceptors (Lipinski definition) is 4. The molecule has 2 aliphatic rings. The van der Waals surface area contributed by atoms with E-state index in [4.69, 9.17) is 4.74 Å². The van der Waals surface area contributed by atoms with E-state index in [1.807, 2.05) is 67.6 Å². The van der Waals surface area contributed by atoms with E-state index in [2.05, 4.69) is 0 Å². The Labute approximate surface area is 163 Å². The van der Waals surface area contributed by atoms with Gasteiger partial charge in [0.05, 0.1) is 0 Å². The fourth-order valence-electron chi connectivity index (χ4n) is 4.16. The van der Waals surface area contributed by atoms with Gasteiger partial charge in [0, 0.05) is 5.92 Å². The predicted molar refractivity (Wildman–Crippen MR) is 103 cm³/mol. The number of hydrogen-bond donors (Lipinski definition) is 0. The highest BCUT2D eigenvalue weighted by molar-refractivity contribution is 6.16. The van der Waals surface area contributed by atoms with Crippen LogP contribution in [-0.4, -0.2) is 29.3 Å². The van der Waals surface area contributed by atoms with Gasteiger partial charge in [-0.2, -0.15) is 0 Å². The van der Waals surface area contributed by atoms with Gasteiger partial charge >= 0.3 is 6.09 Å². The highest BCUT2D eigenvalue weighted by atomic mass is 16.6. The van der Waals surface area contributed by atoms with Gasteiger partial charge in [-0.25, -0.2) is 9.69 Å². The number of nitrogens with zero attached hydrogens (tertiary/aromatic N) is 1. The van der Waals surface area contributed by atoms with Crippen LogP contribution in [0.5, 0.6) is 0 Å². The third-order valence-corrected chi connectivity index (χ3v) is 5.76. The summed E-state index contributed by atoms with van der Waals surface area (Å²) in [5.41, 5.74) is 3.17. The van der Waals surface area contributed by atoms with Crippen LogP contribution in [0.2, 0.25) is 0 Å². The molecule has 5 heteroatoms. The first-order chi connectivity index (χ1) is 13.5. The van der Waals surface area contributed by atoms with Crippen LogP contribution < -0.4 is 0 Å². The Hall–Kier alpha value is -3.21. The lowest BCUT2D eigenvalue weighted by Crippen LogP contribution is -2.42. The van der Waals surface area contributed by atoms with Crippen LogP contribution in [0.1, 0.15) is 36.9 Å². The lowest BCUT2D eigenvalue weighted by atomic mass is 9.83. The standard InChI is InChI=1S/C23H21NO4/c1-14-15(2)21(25)20(19(14)17-11-7-4-8-12-17)22(26)24-18(13-28-23(24)27)16-9-5-3-6-10-16/h3-12,18-20H,13H2,1-2H3/t18-,19-,20-/m1/s1. The van der Waals surface area contributed by atoms with Crippen LogP contribution >= 0.6 is 0 Å². The molecule has 1 aliphatic carbocycles. The van der Waals surface area contributed by atoms with Crippen molar-refractivity contribution in [2.24, 2.45) is 5.92 Å². The van der Waals surface area contributed by atoms with Crippen LogP contribution in [0.15, 0.2) is 71.8 Å². The number of carbonyl (C=O) groups excluding carboxylic acids is 3. The molecule has 0 saturated carbocycles. The molecule has 2 amide bonds. The van der Waals surface area contributed by atoms with Gasteiger partial charge in [0.25, 0.3) is 0 Å². The van der Waals surface area contributed by atoms with E-state index in [-0.39, 0.29) is 18.3 Å². The second kappa shape index (κ2) is 7.08. The van der Waals surface area contributed by atoms with Crippen molar-refractivity contribution < 1.29 is 19.1 Å². The molecule has 3 atom stereocenters. The summed E-state index contributed by atoms with van der Waals surface area (Å²) in [4.78, 5) is 40.0. The summed E-state index contributed by atoms with van der Waals surface area (Å²) >= 11 is 0. The maximum Gasteiger partial charge on any atom is 0.417 e. The fraction of sp³-hybridized carbons (Fsp3) is 0.261. The van der Waals surface area contributed by atoms with E-state index in [9.17, 15) is 14.4 Å². The van der Waals surface area contributed by atoms with Crippen LogP contribution in [0, 0.1) is 5.92 Å². The number of Topliss-reactive ketones (excluding diaryl/α,β-unsaturated/α-hetero) is 1. The highest BCUT2D eigenvalue weighted by Gasteiger charge is 2.50. The van der Waals surface area contributed by atoms with Gasteiger partial charge in [0.15, 0.2) is 5.78 Å². The quantitative estimate of drug-likeness (QED) is 0.760. The Morgan fingerprint density at radius 3 is 2.11 bits per heavy atom. The van der Waals surface area contributed by atoms with Crippen LogP contribution in [0.3, 0.4) is 0 Å². The molecule has 2 aromatic carbocycles. The summed E-state index contributed by atoms with van der Waals surface area (Å²) < 4.78 is 5.18. The SMILES string of the molecule is CC1=C(C)[C@H](c2ccccc2)[C@@H](C(=O)N2C(=O)OC[C@@H]2c2ccccc2)C1=O. The van der Waals surface area contributed by atoms with Gasteiger partial charge in [0.2, 0.25) is 5.91 Å². The third-order valence-electron chi connectivity index (χ3n) is 5.76. The number of benzene rings is 2. The number of cyclic esters (lactones) is 1. The first-order valence-electron chi connectivity index (χ1n) is 9.32. The first-order valence-corrected chi connectivity index (χ1v) is 9.32. The normalized spacial score (nSPS) is 24.6. The van der Waals surface area contributed by atoms with E-state index < -0.39 is 24.0 Å². The van der Waals surface area contributed by atoms with Gasteiger partial charge in [-0.1, -0.05) is 66.2 Å². The minimum atomic E-state index is -0.945. The second-order valence-corrected chi connectivity index (χ2v) is 7.25. The van der Waals surface area contributed by atoms with Crippen LogP contribution in [-0.2, 0) is 14.3 Å². The van der Waals surface area contributed by atoms with Crippen molar-refractivity contribution in [2.75, 3.05) is 6.61 Å². The Bertz CT molecular complexity index is 965. The van der Waals surface area contributed by atoms with Crippen molar-refractivity contribution in [3.05, 3.63) is 82.9 Å². The van der Waals surface area contributed by atoms with Crippen molar-refractivity contribution in [1.82, 2.24) is 4.90 Å². The van der Waals surface area contributed by atoms with E-state index in [1.165, 1.54) is 0 Å². The minimum Gasteiger partial charge on any atom is -0.446 e. The van der Waals surface area contributed by atoms with Crippen molar-refractivity contribution in [2.45, 2.75) is 25.8 Å². The molecule has 1 saturated heterocycles. The zero-order valence-corrected chi connectivity index (χ0v) is 15.8. The maximum atomic E-state index is 13.5. The molecule has 0 unspecified atom stereocenters. The predicted octanol–water partition coefficient (Wildman–Crippen LogP) is 4.03. The Kier molecular flexibility index (Phi) is 4.59. The summed E-state index contributed by atoms with van der Waals surface area (Å²) in [6.07, 6.45) is -0.694. The molecule has 0 N–H and O–H groups in total. The minimum absolute atomic E-state index is 0.0941. The van der Waals surface area contributed by atoms with E-state index in [1.54, 1.807) is 6.92 Å². The molecule has 4 rings (SSSR count). The molecule has 2 aromatic rings. The Morgan fingerprint density at radius 2 is 1.50 bits per heavy atom. The highest BCUT2D eigenvalue weighted by Crippen LogP contribution is 2.44. The number of ether oxygens (including phenoxy) is 1. The van der Waals surface area contributed by atoms with Gasteiger partial charge in [-0.05, 0) is 30.5 Å². The van der Waals surface area contributed by atoms with Crippen LogP contribution in [0.25, 0.3) is 0 Å². The largest absolute Gasteiger partial charge is 0.446 e. The third kappa shape index (κ3) is 2.83. The average molecular weight is 375 g/mol. The number of carbonyl (C=O) groups is 3. The maximum absolute atomic E-state index is 13.5. The zero-order chi connectivity index (χ0) is 19.8. The summed E-state index contributed by atoms with van der Waals surface area (Å²) in [6.45, 7) is 3.73. The van der Waals surface area contributed by atoms with Gasteiger partial charge < -0.3 is 4.74 Å². The summed E-state index contributed by atoms with van der Waals surface area (Å²) in [7, 11) is 0. The molecule has 28 heavy (non-hydrogen) atoms. The fourth-order valence-corrected chi connectivity index (χ4v) is 4.16. The average Bonchev–Trinajstić information content (AvgIpc) is 3.22. The molecule has 1 heterocycles. The molecule has 1 fully saturated rings. The monoisotopic (exact) mass is 375 g/mol. The van der Waals surface area contributed by atoms with Crippen molar-refractivity contribution >= 4 is 17.8 Å². The number of allylic oxidation sites excluding steroid dienone is 2. The Balaban J connectivity index is 1.73. The number of ketones is 1. The summed E-state index contributed by atoms with van der Waals surface area (Å²) in [6, 6.07) is 18.3. The van der Waals surface area contributed by atoms with Crippen molar-refractivity contribution in [1.29, 1.82) is 0 Å². The summed E-state index contributed by atoms with van der Waals surface area (Å²) in [5.74, 6) is -2.03. The topological polar surface area (TPSA) is 63.7 Å². The second-order valence-electron chi connectivity index (χ2n) is 7.25. The molecule has 5 nitrogen and oxygen atoms in total. The number of amides is 2. The number of imide groups is 1. The zero-order valence-electron chi connectivity index (χ0n) is 15.8. The van der Waals surface area contributed by atoms with Gasteiger partial charge in [-0.15, -0.1) is 0 Å². The molecule has 142 valence electrons. The first kappa shape index (κ1) is 18.2. The number of rotatable bonds is 3. The van der Waals surface area contributed by atoms with E-state index in [0.717, 1.165) is 21.6 Å². The smallest absolute Gasteiger partial charge is 0.417 e. The lowest BCUT2D eigenvalue weighted by Gasteiger charge is -2.26. The molecule has 0 spiro atoms. The van der Waals surface area contributed by atoms with Gasteiger partial charge in [-0.3, -0.25) is 9.59 Å². The van der Waals surface area contributed by atoms with E-state index in [0.29, 0.717) is 5.57 Å². The van der Waals surface area contributed by atoms with Crippen molar-refractivity contribution in [3.8, 4) is 0 Å². The molecular weight excluding hydrogens is 354 g/mol. The lowest BCUT2D eigenvalue weighted by molar-refractivity contribution is -0.138. The molecule has 0 aromatic heterocycles. The molecule has 0 bridgehead atoms. The van der Waals surface area contributed by atoms with Crippen LogP contribution in [0.4, 0.5) is 4.79 Å².